The summed E-state index contributed by atoms with van der Waals surface area (Å²) in [5.74, 6) is 0.623. The molecule has 244 valence electrons. The molecule has 0 atom stereocenters. The predicted octanol–water partition coefficient (Wildman–Crippen LogP) is 11.9. The summed E-state index contributed by atoms with van der Waals surface area (Å²) in [6.45, 7) is 0. The van der Waals surface area contributed by atoms with Crippen LogP contribution in [0.5, 0.6) is 0 Å². The van der Waals surface area contributed by atoms with Crippen molar-refractivity contribution in [1.82, 2.24) is 9.13 Å². The molecule has 0 saturated heterocycles. The molecule has 0 amide bonds. The summed E-state index contributed by atoms with van der Waals surface area (Å²) in [5, 5.41) is 6.81. The Morgan fingerprint density at radius 1 is 0.423 bits per heavy atom. The minimum atomic E-state index is 0.623. The van der Waals surface area contributed by atoms with E-state index >= 15 is 0 Å². The number of benzene rings is 7. The van der Waals surface area contributed by atoms with Gasteiger partial charge in [0.25, 0.3) is 0 Å². The Hall–Kier alpha value is -6.98. The Bertz CT molecular complexity index is 3080. The van der Waals surface area contributed by atoms with E-state index < -0.39 is 0 Å². The molecule has 0 radical (unpaired) electrons. The van der Waals surface area contributed by atoms with E-state index in [2.05, 4.69) is 155 Å². The van der Waals surface area contributed by atoms with Gasteiger partial charge in [0.2, 0.25) is 5.96 Å². The standard InChI is InChI=1S/C47H30N4O/c1-3-13-30(14-4-1)39-25-26-40(31-15-5-2-6-16-31)49-47(48-39)51-43-27-32(50-41-20-10-7-17-33(41)34-18-8-11-21-42(34)50)23-24-35(43)37-29-46-38(28-44(37)51)36-19-9-12-22-45(36)52-46/h1-25,27-29H,26H2. The second-order valence-electron chi connectivity index (χ2n) is 13.4. The number of nitrogens with zero attached hydrogens (tertiary/aromatic N) is 4. The maximum Gasteiger partial charge on any atom is 0.235 e. The van der Waals surface area contributed by atoms with Crippen LogP contribution in [0.1, 0.15) is 17.5 Å². The van der Waals surface area contributed by atoms with Crippen molar-refractivity contribution in [1.29, 1.82) is 0 Å². The van der Waals surface area contributed by atoms with E-state index in [9.17, 15) is 0 Å². The lowest BCUT2D eigenvalue weighted by Gasteiger charge is -2.12. The van der Waals surface area contributed by atoms with Crippen molar-refractivity contribution in [3.05, 3.63) is 181 Å². The Labute approximate surface area is 298 Å². The predicted molar refractivity (Wildman–Crippen MR) is 216 cm³/mol. The minimum absolute atomic E-state index is 0.623. The smallest absolute Gasteiger partial charge is 0.235 e. The quantitative estimate of drug-likeness (QED) is 0.185. The molecule has 0 spiro atoms. The van der Waals surface area contributed by atoms with Crippen LogP contribution in [0.3, 0.4) is 0 Å². The fourth-order valence-electron chi connectivity index (χ4n) is 8.02. The molecule has 0 unspecified atom stereocenters. The van der Waals surface area contributed by atoms with Crippen LogP contribution in [0.25, 0.3) is 76.9 Å². The molecule has 1 aliphatic heterocycles. The van der Waals surface area contributed by atoms with Crippen LogP contribution in [0, 0.1) is 0 Å². The number of hydrogen-bond acceptors (Lipinski definition) is 3. The Kier molecular flexibility index (Phi) is 6.25. The van der Waals surface area contributed by atoms with Crippen molar-refractivity contribution in [3.63, 3.8) is 0 Å². The maximum atomic E-state index is 6.43. The van der Waals surface area contributed by atoms with Gasteiger partial charge in [0.15, 0.2) is 0 Å². The summed E-state index contributed by atoms with van der Waals surface area (Å²) < 4.78 is 11.1. The summed E-state index contributed by atoms with van der Waals surface area (Å²) >= 11 is 0. The number of furan rings is 1. The normalized spacial score (nSPS) is 13.7. The molecular weight excluding hydrogens is 637 g/mol. The first-order valence-corrected chi connectivity index (χ1v) is 17.6. The number of fused-ring (bicyclic) bond motifs is 9. The van der Waals surface area contributed by atoms with Crippen molar-refractivity contribution >= 4 is 82.9 Å². The van der Waals surface area contributed by atoms with Crippen molar-refractivity contribution < 1.29 is 4.42 Å². The highest BCUT2D eigenvalue weighted by atomic mass is 16.3. The van der Waals surface area contributed by atoms with Crippen LogP contribution >= 0.6 is 0 Å². The fourth-order valence-corrected chi connectivity index (χ4v) is 8.02. The molecule has 52 heavy (non-hydrogen) atoms. The van der Waals surface area contributed by atoms with Gasteiger partial charge in [-0.3, -0.25) is 4.57 Å². The molecule has 0 N–H and O–H groups in total. The molecule has 10 aromatic rings. The van der Waals surface area contributed by atoms with Gasteiger partial charge in [-0.1, -0.05) is 127 Å². The van der Waals surface area contributed by atoms with E-state index in [-0.39, 0.29) is 0 Å². The van der Waals surface area contributed by atoms with Crippen molar-refractivity contribution in [2.24, 2.45) is 9.98 Å². The van der Waals surface area contributed by atoms with Crippen LogP contribution in [-0.2, 0) is 0 Å². The molecule has 4 heterocycles. The third-order valence-electron chi connectivity index (χ3n) is 10.4. The zero-order valence-electron chi connectivity index (χ0n) is 28.1. The first kappa shape index (κ1) is 28.8. The first-order valence-electron chi connectivity index (χ1n) is 17.6. The molecule has 11 rings (SSSR count). The second kappa shape index (κ2) is 11.3. The van der Waals surface area contributed by atoms with Gasteiger partial charge in [-0.15, -0.1) is 0 Å². The largest absolute Gasteiger partial charge is 0.456 e. The molecule has 1 aliphatic rings. The summed E-state index contributed by atoms with van der Waals surface area (Å²) in [6.07, 6.45) is 2.86. The van der Waals surface area contributed by atoms with Crippen LogP contribution in [0.2, 0.25) is 0 Å². The van der Waals surface area contributed by atoms with Gasteiger partial charge in [0.1, 0.15) is 11.2 Å². The third kappa shape index (κ3) is 4.36. The Morgan fingerprint density at radius 2 is 1.04 bits per heavy atom. The van der Waals surface area contributed by atoms with Gasteiger partial charge in [0.05, 0.1) is 33.5 Å². The molecule has 0 fully saturated rings. The number of rotatable bonds is 3. The minimum Gasteiger partial charge on any atom is -0.456 e. The zero-order valence-corrected chi connectivity index (χ0v) is 28.1. The molecule has 5 heteroatoms. The molecule has 0 aliphatic carbocycles. The lowest BCUT2D eigenvalue weighted by atomic mass is 10.1. The lowest BCUT2D eigenvalue weighted by Crippen LogP contribution is -2.12. The highest BCUT2D eigenvalue weighted by Crippen LogP contribution is 2.39. The van der Waals surface area contributed by atoms with E-state index in [1.54, 1.807) is 0 Å². The SMILES string of the molecule is C1=C(c2ccccc2)N=C(n2c3cc(-n4c5ccccc5c5ccccc54)ccc3c3cc4oc5ccccc5c4cc32)N=C(c2ccccc2)C1. The molecule has 3 aromatic heterocycles. The van der Waals surface area contributed by atoms with E-state index in [0.717, 1.165) is 72.0 Å². The first-order chi connectivity index (χ1) is 25.8. The number of aromatic nitrogens is 2. The van der Waals surface area contributed by atoms with Crippen molar-refractivity contribution in [2.45, 2.75) is 6.42 Å². The van der Waals surface area contributed by atoms with E-state index in [0.29, 0.717) is 12.4 Å². The molecule has 0 saturated carbocycles. The number of para-hydroxylation sites is 3. The van der Waals surface area contributed by atoms with Crippen LogP contribution in [-0.4, -0.2) is 20.8 Å². The molecular formula is C47H30N4O. The maximum absolute atomic E-state index is 6.43. The topological polar surface area (TPSA) is 47.7 Å². The number of hydrogen-bond donors (Lipinski definition) is 0. The summed E-state index contributed by atoms with van der Waals surface area (Å²) in [7, 11) is 0. The van der Waals surface area contributed by atoms with Gasteiger partial charge < -0.3 is 8.98 Å². The number of allylic oxidation sites excluding steroid dienone is 1. The zero-order chi connectivity index (χ0) is 34.2. The van der Waals surface area contributed by atoms with E-state index in [1.807, 2.05) is 24.3 Å². The van der Waals surface area contributed by atoms with Crippen molar-refractivity contribution in [3.8, 4) is 5.69 Å². The van der Waals surface area contributed by atoms with Gasteiger partial charge in [0, 0.05) is 44.4 Å². The van der Waals surface area contributed by atoms with E-state index in [4.69, 9.17) is 14.4 Å². The summed E-state index contributed by atoms with van der Waals surface area (Å²) in [4.78, 5) is 10.8. The summed E-state index contributed by atoms with van der Waals surface area (Å²) in [5.41, 5.74) is 11.2. The Balaban J connectivity index is 1.26. The van der Waals surface area contributed by atoms with Crippen LogP contribution in [0.15, 0.2) is 184 Å². The average molecular weight is 667 g/mol. The average Bonchev–Trinajstić information content (AvgIpc) is 3.78. The van der Waals surface area contributed by atoms with Crippen LogP contribution in [0.4, 0.5) is 0 Å². The highest BCUT2D eigenvalue weighted by molar-refractivity contribution is 6.22. The highest BCUT2D eigenvalue weighted by Gasteiger charge is 2.22. The molecule has 7 aromatic carbocycles. The fraction of sp³-hybridized carbons (Fsp3) is 0.0213. The van der Waals surface area contributed by atoms with Crippen molar-refractivity contribution in [2.75, 3.05) is 0 Å². The second-order valence-corrected chi connectivity index (χ2v) is 13.4. The van der Waals surface area contributed by atoms with Gasteiger partial charge in [-0.25, -0.2) is 9.98 Å². The Morgan fingerprint density at radius 3 is 1.79 bits per heavy atom. The van der Waals surface area contributed by atoms with Gasteiger partial charge in [-0.2, -0.15) is 0 Å². The number of aliphatic imine (C=N–C) groups is 2. The van der Waals surface area contributed by atoms with Gasteiger partial charge >= 0.3 is 0 Å². The third-order valence-corrected chi connectivity index (χ3v) is 10.4. The monoisotopic (exact) mass is 666 g/mol. The van der Waals surface area contributed by atoms with E-state index in [1.165, 1.54) is 21.8 Å². The van der Waals surface area contributed by atoms with Gasteiger partial charge in [-0.05, 0) is 53.6 Å². The molecule has 5 nitrogen and oxygen atoms in total. The molecule has 0 bridgehead atoms. The lowest BCUT2D eigenvalue weighted by molar-refractivity contribution is 0.669. The summed E-state index contributed by atoms with van der Waals surface area (Å²) in [6, 6.07) is 57.6. The van der Waals surface area contributed by atoms with Crippen LogP contribution < -0.4 is 0 Å².